The Bertz CT molecular complexity index is 652. The van der Waals surface area contributed by atoms with E-state index in [0.717, 1.165) is 12.8 Å². The fourth-order valence-corrected chi connectivity index (χ4v) is 3.10. The highest BCUT2D eigenvalue weighted by Gasteiger charge is 2.41. The molecule has 3 rings (SSSR count). The molecule has 4 nitrogen and oxygen atoms in total. The van der Waals surface area contributed by atoms with Crippen molar-refractivity contribution in [3.63, 3.8) is 0 Å². The lowest BCUT2D eigenvalue weighted by Gasteiger charge is -2.10. The van der Waals surface area contributed by atoms with Gasteiger partial charge in [0.15, 0.2) is 11.5 Å². The number of rotatable bonds is 3. The summed E-state index contributed by atoms with van der Waals surface area (Å²) < 4.78 is 18.8. The zero-order chi connectivity index (χ0) is 14.3. The van der Waals surface area contributed by atoms with Gasteiger partial charge in [-0.05, 0) is 30.9 Å². The van der Waals surface area contributed by atoms with Crippen LogP contribution in [0, 0.1) is 17.7 Å². The molecule has 0 saturated heterocycles. The summed E-state index contributed by atoms with van der Waals surface area (Å²) in [7, 11) is 0. The van der Waals surface area contributed by atoms with Crippen LogP contribution < -0.4 is 0 Å². The zero-order valence-corrected chi connectivity index (χ0v) is 11.2. The number of nitrogens with zero attached hydrogens (tertiary/aromatic N) is 1. The second-order valence-electron chi connectivity index (χ2n) is 5.46. The molecule has 1 N–H and O–H groups in total. The predicted octanol–water partition coefficient (Wildman–Crippen LogP) is 3.57. The van der Waals surface area contributed by atoms with Crippen LogP contribution in [0.25, 0.3) is 11.1 Å². The summed E-state index contributed by atoms with van der Waals surface area (Å²) in [4.78, 5) is 15.7. The molecule has 0 aliphatic heterocycles. The number of hydrogen-bond donors (Lipinski definition) is 1. The zero-order valence-electron chi connectivity index (χ0n) is 11.2. The number of carbonyl (C=O) groups is 1. The lowest BCUT2D eigenvalue weighted by molar-refractivity contribution is -0.142. The van der Waals surface area contributed by atoms with Gasteiger partial charge in [-0.2, -0.15) is 0 Å². The van der Waals surface area contributed by atoms with Crippen molar-refractivity contribution in [1.29, 1.82) is 0 Å². The quantitative estimate of drug-likeness (QED) is 0.931. The summed E-state index contributed by atoms with van der Waals surface area (Å²) >= 11 is 0. The van der Waals surface area contributed by atoms with Crippen molar-refractivity contribution in [2.75, 3.05) is 0 Å². The van der Waals surface area contributed by atoms with Crippen molar-refractivity contribution in [1.82, 2.24) is 4.98 Å². The van der Waals surface area contributed by atoms with Gasteiger partial charge in [0, 0.05) is 12.0 Å². The number of aromatic nitrogens is 1. The van der Waals surface area contributed by atoms with E-state index in [0.29, 0.717) is 29.3 Å². The molecule has 1 heterocycles. The van der Waals surface area contributed by atoms with Crippen LogP contribution in [0.1, 0.15) is 38.0 Å². The molecule has 1 aliphatic rings. The molecule has 20 heavy (non-hydrogen) atoms. The Morgan fingerprint density at radius 2 is 2.30 bits per heavy atom. The normalized spacial score (nSPS) is 26.2. The third-order valence-corrected chi connectivity index (χ3v) is 4.24. The molecule has 1 aliphatic carbocycles. The number of fused-ring (bicyclic) bond motifs is 1. The number of hydrogen-bond acceptors (Lipinski definition) is 3. The predicted molar refractivity (Wildman–Crippen MR) is 70.8 cm³/mol. The van der Waals surface area contributed by atoms with Crippen molar-refractivity contribution in [3.8, 4) is 0 Å². The van der Waals surface area contributed by atoms with Crippen molar-refractivity contribution in [3.05, 3.63) is 29.9 Å². The molecule has 1 aromatic heterocycles. The molecule has 1 saturated carbocycles. The number of carboxylic acids is 1. The molecule has 1 aromatic carbocycles. The van der Waals surface area contributed by atoms with Gasteiger partial charge in [-0.1, -0.05) is 13.3 Å². The minimum atomic E-state index is -0.806. The van der Waals surface area contributed by atoms with Crippen molar-refractivity contribution in [2.45, 2.75) is 32.1 Å². The Hall–Kier alpha value is -1.91. The van der Waals surface area contributed by atoms with Gasteiger partial charge in [0.2, 0.25) is 0 Å². The highest BCUT2D eigenvalue weighted by atomic mass is 19.1. The van der Waals surface area contributed by atoms with Crippen LogP contribution in [-0.2, 0) is 4.79 Å². The van der Waals surface area contributed by atoms with Crippen LogP contribution in [-0.4, -0.2) is 16.1 Å². The first-order chi connectivity index (χ1) is 9.58. The third kappa shape index (κ3) is 2.17. The highest BCUT2D eigenvalue weighted by Crippen LogP contribution is 2.44. The number of carboxylic acid groups (broad SMARTS) is 1. The topological polar surface area (TPSA) is 63.3 Å². The van der Waals surface area contributed by atoms with E-state index in [4.69, 9.17) is 4.42 Å². The average molecular weight is 277 g/mol. The van der Waals surface area contributed by atoms with Gasteiger partial charge in [0.05, 0.1) is 5.92 Å². The van der Waals surface area contributed by atoms with Gasteiger partial charge >= 0.3 is 5.97 Å². The van der Waals surface area contributed by atoms with Gasteiger partial charge in [0.1, 0.15) is 11.3 Å². The third-order valence-electron chi connectivity index (χ3n) is 4.24. The molecule has 5 heteroatoms. The molecule has 106 valence electrons. The van der Waals surface area contributed by atoms with Gasteiger partial charge in [-0.15, -0.1) is 0 Å². The van der Waals surface area contributed by atoms with Gasteiger partial charge in [-0.25, -0.2) is 9.37 Å². The first-order valence-electron chi connectivity index (χ1n) is 6.87. The van der Waals surface area contributed by atoms with Crippen LogP contribution in [0.5, 0.6) is 0 Å². The fraction of sp³-hybridized carbons (Fsp3) is 0.467. The highest BCUT2D eigenvalue weighted by molar-refractivity contribution is 5.74. The smallest absolute Gasteiger partial charge is 0.307 e. The van der Waals surface area contributed by atoms with Gasteiger partial charge < -0.3 is 9.52 Å². The molecule has 0 bridgehead atoms. The first-order valence-corrected chi connectivity index (χ1v) is 6.87. The standard InChI is InChI=1S/C15H16FNO3/c1-2-8-5-10(11(6-8)15(18)19)14-17-12-7-9(16)3-4-13(12)20-14/h3-4,7-8,10-11H,2,5-6H2,1H3,(H,18,19). The van der Waals surface area contributed by atoms with E-state index in [-0.39, 0.29) is 11.7 Å². The molecule has 2 aromatic rings. The van der Waals surface area contributed by atoms with Crippen molar-refractivity contribution < 1.29 is 18.7 Å². The second kappa shape index (κ2) is 4.89. The minimum absolute atomic E-state index is 0.215. The Morgan fingerprint density at radius 1 is 1.50 bits per heavy atom. The molecule has 0 amide bonds. The Morgan fingerprint density at radius 3 is 3.00 bits per heavy atom. The maximum atomic E-state index is 13.2. The van der Waals surface area contributed by atoms with Gasteiger partial charge in [0.25, 0.3) is 0 Å². The number of oxazole rings is 1. The Labute approximate surface area is 115 Å². The van der Waals surface area contributed by atoms with Crippen molar-refractivity contribution in [2.24, 2.45) is 11.8 Å². The van der Waals surface area contributed by atoms with Crippen LogP contribution in [0.3, 0.4) is 0 Å². The Balaban J connectivity index is 1.98. The van der Waals surface area contributed by atoms with Crippen LogP contribution >= 0.6 is 0 Å². The maximum Gasteiger partial charge on any atom is 0.307 e. The second-order valence-corrected chi connectivity index (χ2v) is 5.46. The fourth-order valence-electron chi connectivity index (χ4n) is 3.10. The van der Waals surface area contributed by atoms with E-state index < -0.39 is 11.9 Å². The van der Waals surface area contributed by atoms with Crippen LogP contribution in [0.2, 0.25) is 0 Å². The van der Waals surface area contributed by atoms with Crippen LogP contribution in [0.4, 0.5) is 4.39 Å². The molecular formula is C15H16FNO3. The summed E-state index contributed by atoms with van der Waals surface area (Å²) in [6, 6.07) is 4.16. The first kappa shape index (κ1) is 13.1. The summed E-state index contributed by atoms with van der Waals surface area (Å²) in [6.07, 6.45) is 2.38. The molecule has 3 unspecified atom stereocenters. The minimum Gasteiger partial charge on any atom is -0.481 e. The number of benzene rings is 1. The summed E-state index contributed by atoms with van der Waals surface area (Å²) in [5.74, 6) is -1.04. The maximum absolute atomic E-state index is 13.2. The van der Waals surface area contributed by atoms with Gasteiger partial charge in [-0.3, -0.25) is 4.79 Å². The molecule has 1 fully saturated rings. The SMILES string of the molecule is CCC1CC(C(=O)O)C(c2nc3cc(F)ccc3o2)C1. The monoisotopic (exact) mass is 277 g/mol. The lowest BCUT2D eigenvalue weighted by Crippen LogP contribution is -2.17. The molecular weight excluding hydrogens is 261 g/mol. The molecule has 0 spiro atoms. The Kier molecular flexibility index (Phi) is 3.20. The summed E-state index contributed by atoms with van der Waals surface area (Å²) in [5.41, 5.74) is 0.953. The van der Waals surface area contributed by atoms with Crippen LogP contribution in [0.15, 0.2) is 22.6 Å². The summed E-state index contributed by atoms with van der Waals surface area (Å²) in [5, 5.41) is 9.35. The van der Waals surface area contributed by atoms with E-state index in [1.165, 1.54) is 18.2 Å². The molecule has 3 atom stereocenters. The van der Waals surface area contributed by atoms with E-state index in [1.54, 1.807) is 0 Å². The van der Waals surface area contributed by atoms with Crippen molar-refractivity contribution >= 4 is 17.1 Å². The lowest BCUT2D eigenvalue weighted by atomic mass is 9.96. The largest absolute Gasteiger partial charge is 0.481 e. The van der Waals surface area contributed by atoms with E-state index in [2.05, 4.69) is 11.9 Å². The number of aliphatic carboxylic acids is 1. The average Bonchev–Trinajstić information content (AvgIpc) is 3.00. The van der Waals surface area contributed by atoms with E-state index >= 15 is 0 Å². The van der Waals surface area contributed by atoms with E-state index in [9.17, 15) is 14.3 Å². The number of halogens is 1. The summed E-state index contributed by atoms with van der Waals surface area (Å²) in [6.45, 7) is 2.06. The molecule has 0 radical (unpaired) electrons. The van der Waals surface area contributed by atoms with E-state index in [1.807, 2.05) is 0 Å².